The summed E-state index contributed by atoms with van der Waals surface area (Å²) in [4.78, 5) is 12.1. The summed E-state index contributed by atoms with van der Waals surface area (Å²) in [6.45, 7) is 2.04. The molecule has 0 fully saturated rings. The van der Waals surface area contributed by atoms with Crippen molar-refractivity contribution in [3.8, 4) is 5.75 Å². The molecule has 0 radical (unpaired) electrons. The van der Waals surface area contributed by atoms with Gasteiger partial charge >= 0.3 is 0 Å². The zero-order chi connectivity index (χ0) is 18.4. The van der Waals surface area contributed by atoms with E-state index in [1.54, 1.807) is 19.2 Å². The van der Waals surface area contributed by atoms with E-state index >= 15 is 0 Å². The van der Waals surface area contributed by atoms with E-state index in [0.29, 0.717) is 29.0 Å². The van der Waals surface area contributed by atoms with Gasteiger partial charge < -0.3 is 14.5 Å². The molecule has 1 N–H and O–H groups in total. The Morgan fingerprint density at radius 2 is 1.92 bits per heavy atom. The molecule has 134 valence electrons. The molecule has 2 aromatic carbocycles. The molecule has 6 nitrogen and oxygen atoms in total. The molecule has 0 saturated heterocycles. The van der Waals surface area contributed by atoms with E-state index in [9.17, 15) is 4.79 Å². The first kappa shape index (κ1) is 18.0. The molecule has 0 aliphatic carbocycles. The molecule has 3 aromatic rings. The third kappa shape index (κ3) is 4.86. The maximum atomic E-state index is 12.1. The summed E-state index contributed by atoms with van der Waals surface area (Å²) in [7, 11) is 1.56. The topological polar surface area (TPSA) is 77.2 Å². The SMILES string of the molecule is COc1ccccc1NC(=O)CSc1nnc(Cc2ccc(C)cc2)o1. The zero-order valence-corrected chi connectivity index (χ0v) is 15.4. The highest BCUT2D eigenvalue weighted by Crippen LogP contribution is 2.24. The number of carbonyl (C=O) groups excluding carboxylic acids is 1. The smallest absolute Gasteiger partial charge is 0.277 e. The number of methoxy groups -OCH3 is 1. The molecular formula is C19H19N3O3S. The average molecular weight is 369 g/mol. The number of ether oxygens (including phenoxy) is 1. The molecule has 0 spiro atoms. The van der Waals surface area contributed by atoms with Crippen molar-refractivity contribution in [3.05, 3.63) is 65.5 Å². The van der Waals surface area contributed by atoms with Crippen molar-refractivity contribution in [1.29, 1.82) is 0 Å². The van der Waals surface area contributed by atoms with Gasteiger partial charge in [0.15, 0.2) is 0 Å². The van der Waals surface area contributed by atoms with Crippen LogP contribution >= 0.6 is 11.8 Å². The Bertz CT molecular complexity index is 878. The van der Waals surface area contributed by atoms with Crippen LogP contribution in [0.15, 0.2) is 58.2 Å². The minimum atomic E-state index is -0.169. The number of para-hydroxylation sites is 2. The van der Waals surface area contributed by atoms with Crippen LogP contribution in [0.5, 0.6) is 5.75 Å². The van der Waals surface area contributed by atoms with Crippen LogP contribution in [0.1, 0.15) is 17.0 Å². The highest BCUT2D eigenvalue weighted by Gasteiger charge is 2.12. The molecule has 0 bridgehead atoms. The van der Waals surface area contributed by atoms with Crippen molar-refractivity contribution < 1.29 is 13.9 Å². The second kappa shape index (κ2) is 8.53. The molecule has 26 heavy (non-hydrogen) atoms. The molecule has 0 aliphatic heterocycles. The summed E-state index contributed by atoms with van der Waals surface area (Å²) in [5, 5.41) is 11.2. The number of carbonyl (C=O) groups is 1. The average Bonchev–Trinajstić information content (AvgIpc) is 3.10. The lowest BCUT2D eigenvalue weighted by Gasteiger charge is -2.08. The van der Waals surface area contributed by atoms with Crippen LogP contribution in [0.3, 0.4) is 0 Å². The van der Waals surface area contributed by atoms with Crippen molar-refractivity contribution in [2.24, 2.45) is 0 Å². The quantitative estimate of drug-likeness (QED) is 0.640. The van der Waals surface area contributed by atoms with E-state index in [0.717, 1.165) is 5.56 Å². The lowest BCUT2D eigenvalue weighted by Crippen LogP contribution is -2.14. The number of nitrogens with one attached hydrogen (secondary N) is 1. The van der Waals surface area contributed by atoms with Crippen molar-refractivity contribution in [2.75, 3.05) is 18.2 Å². The van der Waals surface area contributed by atoms with Crippen LogP contribution in [0, 0.1) is 6.92 Å². The van der Waals surface area contributed by atoms with Crippen molar-refractivity contribution >= 4 is 23.4 Å². The van der Waals surface area contributed by atoms with Crippen molar-refractivity contribution in [1.82, 2.24) is 10.2 Å². The van der Waals surface area contributed by atoms with Gasteiger partial charge in [-0.25, -0.2) is 0 Å². The minimum absolute atomic E-state index is 0.169. The first-order valence-corrected chi connectivity index (χ1v) is 9.06. The highest BCUT2D eigenvalue weighted by molar-refractivity contribution is 7.99. The molecule has 1 aromatic heterocycles. The fourth-order valence-corrected chi connectivity index (χ4v) is 2.89. The lowest BCUT2D eigenvalue weighted by molar-refractivity contribution is -0.113. The van der Waals surface area contributed by atoms with Crippen LogP contribution < -0.4 is 10.1 Å². The second-order valence-electron chi connectivity index (χ2n) is 5.66. The Balaban J connectivity index is 1.52. The maximum absolute atomic E-state index is 12.1. The first-order valence-electron chi connectivity index (χ1n) is 8.07. The second-order valence-corrected chi connectivity index (χ2v) is 6.59. The van der Waals surface area contributed by atoms with Gasteiger partial charge in [-0.15, -0.1) is 10.2 Å². The van der Waals surface area contributed by atoms with Crippen molar-refractivity contribution in [3.63, 3.8) is 0 Å². The first-order chi connectivity index (χ1) is 12.6. The number of nitrogens with zero attached hydrogens (tertiary/aromatic N) is 2. The van der Waals surface area contributed by atoms with E-state index < -0.39 is 0 Å². The monoisotopic (exact) mass is 369 g/mol. The Morgan fingerprint density at radius 3 is 2.69 bits per heavy atom. The van der Waals surface area contributed by atoms with Gasteiger partial charge in [0.2, 0.25) is 11.8 Å². The van der Waals surface area contributed by atoms with Gasteiger partial charge in [0.05, 0.1) is 25.0 Å². The summed E-state index contributed by atoms with van der Waals surface area (Å²) in [6.07, 6.45) is 0.571. The van der Waals surface area contributed by atoms with Crippen molar-refractivity contribution in [2.45, 2.75) is 18.6 Å². The Labute approximate surface area is 156 Å². The van der Waals surface area contributed by atoms with Gasteiger partial charge in [-0.05, 0) is 24.6 Å². The number of aryl methyl sites for hydroxylation is 1. The van der Waals surface area contributed by atoms with E-state index in [-0.39, 0.29) is 11.7 Å². The van der Waals surface area contributed by atoms with Crippen LogP contribution in [0.4, 0.5) is 5.69 Å². The molecule has 3 rings (SSSR count). The Kier molecular flexibility index (Phi) is 5.91. The standard InChI is InChI=1S/C19H19N3O3S/c1-13-7-9-14(10-8-13)11-18-21-22-19(25-18)26-12-17(23)20-15-5-3-4-6-16(15)24-2/h3-10H,11-12H2,1-2H3,(H,20,23). The van der Waals surface area contributed by atoms with Crippen LogP contribution in [-0.2, 0) is 11.2 Å². The van der Waals surface area contributed by atoms with Gasteiger partial charge in [-0.3, -0.25) is 4.79 Å². The molecule has 1 amide bonds. The van der Waals surface area contributed by atoms with Crippen LogP contribution in [0.25, 0.3) is 0 Å². The minimum Gasteiger partial charge on any atom is -0.495 e. The molecule has 0 aliphatic rings. The fourth-order valence-electron chi connectivity index (χ4n) is 2.31. The summed E-state index contributed by atoms with van der Waals surface area (Å²) in [5.41, 5.74) is 2.94. The number of rotatable bonds is 7. The summed E-state index contributed by atoms with van der Waals surface area (Å²) in [5.74, 6) is 1.15. The molecular weight excluding hydrogens is 350 g/mol. The number of hydrogen-bond donors (Lipinski definition) is 1. The zero-order valence-electron chi connectivity index (χ0n) is 14.6. The maximum Gasteiger partial charge on any atom is 0.277 e. The predicted octanol–water partition coefficient (Wildman–Crippen LogP) is 3.71. The fraction of sp³-hybridized carbons (Fsp3) is 0.211. The third-order valence-electron chi connectivity index (χ3n) is 3.63. The predicted molar refractivity (Wildman–Crippen MR) is 101 cm³/mol. The summed E-state index contributed by atoms with van der Waals surface area (Å²) < 4.78 is 10.8. The van der Waals surface area contributed by atoms with Crippen LogP contribution in [-0.4, -0.2) is 29.0 Å². The summed E-state index contributed by atoms with van der Waals surface area (Å²) >= 11 is 1.20. The number of aromatic nitrogens is 2. The Morgan fingerprint density at radius 1 is 1.15 bits per heavy atom. The number of anilines is 1. The van der Waals surface area contributed by atoms with Gasteiger partial charge in [0.25, 0.3) is 5.22 Å². The van der Waals surface area contributed by atoms with Gasteiger partial charge in [0, 0.05) is 0 Å². The van der Waals surface area contributed by atoms with Gasteiger partial charge in [-0.2, -0.15) is 0 Å². The normalized spacial score (nSPS) is 10.5. The van der Waals surface area contributed by atoms with E-state index in [4.69, 9.17) is 9.15 Å². The Hall–Kier alpha value is -2.80. The number of hydrogen-bond acceptors (Lipinski definition) is 6. The lowest BCUT2D eigenvalue weighted by atomic mass is 10.1. The summed E-state index contributed by atoms with van der Waals surface area (Å²) in [6, 6.07) is 15.4. The largest absolute Gasteiger partial charge is 0.495 e. The number of benzene rings is 2. The molecule has 0 unspecified atom stereocenters. The van der Waals surface area contributed by atoms with E-state index in [1.807, 2.05) is 43.3 Å². The van der Waals surface area contributed by atoms with Gasteiger partial charge in [0.1, 0.15) is 5.75 Å². The molecule has 7 heteroatoms. The molecule has 0 atom stereocenters. The van der Waals surface area contributed by atoms with Gasteiger partial charge in [-0.1, -0.05) is 53.7 Å². The highest BCUT2D eigenvalue weighted by atomic mass is 32.2. The number of thioether (sulfide) groups is 1. The molecule has 1 heterocycles. The number of amides is 1. The third-order valence-corrected chi connectivity index (χ3v) is 4.45. The van der Waals surface area contributed by atoms with Crippen LogP contribution in [0.2, 0.25) is 0 Å². The van der Waals surface area contributed by atoms with E-state index in [2.05, 4.69) is 15.5 Å². The molecule has 0 saturated carbocycles. The van der Waals surface area contributed by atoms with E-state index in [1.165, 1.54) is 17.3 Å².